The predicted molar refractivity (Wildman–Crippen MR) is 121 cm³/mol. The van der Waals surface area contributed by atoms with Gasteiger partial charge in [-0.3, -0.25) is 4.79 Å². The molecule has 1 heterocycles. The Kier molecular flexibility index (Phi) is 7.63. The molecule has 0 unspecified atom stereocenters. The van der Waals surface area contributed by atoms with E-state index in [4.69, 9.17) is 11.0 Å². The number of hydrogen-bond donors (Lipinski definition) is 3. The van der Waals surface area contributed by atoms with Crippen molar-refractivity contribution in [3.05, 3.63) is 64.7 Å². The van der Waals surface area contributed by atoms with Crippen LogP contribution in [0.4, 0.5) is 10.5 Å². The van der Waals surface area contributed by atoms with E-state index in [0.29, 0.717) is 55.3 Å². The van der Waals surface area contributed by atoms with Crippen LogP contribution >= 0.6 is 0 Å². The second kappa shape index (κ2) is 10.6. The van der Waals surface area contributed by atoms with Crippen molar-refractivity contribution in [3.8, 4) is 6.07 Å². The molecule has 0 bridgehead atoms. The topological polar surface area (TPSA) is 111 Å². The highest BCUT2D eigenvalue weighted by Gasteiger charge is 2.25. The summed E-state index contributed by atoms with van der Waals surface area (Å²) in [4.78, 5) is 27.0. The molecule has 3 rings (SSSR count). The highest BCUT2D eigenvalue weighted by molar-refractivity contribution is 5.97. The number of benzene rings is 2. The fraction of sp³-hybridized carbons (Fsp3) is 0.375. The second-order valence-electron chi connectivity index (χ2n) is 7.85. The number of carbonyl (C=O) groups excluding carboxylic acids is 2. The Labute approximate surface area is 183 Å². The highest BCUT2D eigenvalue weighted by atomic mass is 16.2. The lowest BCUT2D eigenvalue weighted by molar-refractivity contribution is 0.0713. The van der Waals surface area contributed by atoms with E-state index in [9.17, 15) is 9.59 Å². The third-order valence-electron chi connectivity index (χ3n) is 5.69. The van der Waals surface area contributed by atoms with Gasteiger partial charge in [-0.1, -0.05) is 18.2 Å². The van der Waals surface area contributed by atoms with Crippen LogP contribution < -0.4 is 16.4 Å². The van der Waals surface area contributed by atoms with Gasteiger partial charge in [-0.2, -0.15) is 5.26 Å². The van der Waals surface area contributed by atoms with Crippen LogP contribution in [0.2, 0.25) is 0 Å². The molecule has 0 radical (unpaired) electrons. The molecule has 3 amide bonds. The van der Waals surface area contributed by atoms with Crippen LogP contribution in [0.5, 0.6) is 0 Å². The first-order valence-corrected chi connectivity index (χ1v) is 10.7. The standard InChI is InChI=1S/C24H29N5O2/c1-17-3-6-21(15-22(17)28-24(31)27-12-2-11-25)23(30)29-13-9-20(10-14-29)19-7-4-18(16-26)5-8-19/h3-8,15,20H,2,9-14,25H2,1H3,(H2,27,28,31). The largest absolute Gasteiger partial charge is 0.339 e. The van der Waals surface area contributed by atoms with Crippen molar-refractivity contribution in [2.24, 2.45) is 5.73 Å². The first-order chi connectivity index (χ1) is 15.0. The number of piperidine rings is 1. The first-order valence-electron chi connectivity index (χ1n) is 10.7. The zero-order valence-corrected chi connectivity index (χ0v) is 17.9. The van der Waals surface area contributed by atoms with Gasteiger partial charge >= 0.3 is 6.03 Å². The number of anilines is 1. The molecule has 1 aliphatic rings. The van der Waals surface area contributed by atoms with Crippen molar-refractivity contribution in [1.29, 1.82) is 5.26 Å². The maximum Gasteiger partial charge on any atom is 0.319 e. The van der Waals surface area contributed by atoms with Crippen molar-refractivity contribution >= 4 is 17.6 Å². The van der Waals surface area contributed by atoms with Crippen LogP contribution in [0.3, 0.4) is 0 Å². The Bertz CT molecular complexity index is 957. The number of nitrogens with one attached hydrogen (secondary N) is 2. The monoisotopic (exact) mass is 419 g/mol. The Morgan fingerprint density at radius 1 is 1.16 bits per heavy atom. The van der Waals surface area contributed by atoms with Crippen molar-refractivity contribution < 1.29 is 9.59 Å². The normalized spacial score (nSPS) is 14.0. The minimum absolute atomic E-state index is 0.0233. The summed E-state index contributed by atoms with van der Waals surface area (Å²) in [5.74, 6) is 0.370. The van der Waals surface area contributed by atoms with E-state index in [1.54, 1.807) is 6.07 Å². The summed E-state index contributed by atoms with van der Waals surface area (Å²) in [6.45, 7) is 4.28. The van der Waals surface area contributed by atoms with Crippen LogP contribution in [0.15, 0.2) is 42.5 Å². The van der Waals surface area contributed by atoms with E-state index in [1.165, 1.54) is 5.56 Å². The highest BCUT2D eigenvalue weighted by Crippen LogP contribution is 2.29. The first kappa shape index (κ1) is 22.3. The van der Waals surface area contributed by atoms with Crippen molar-refractivity contribution in [3.63, 3.8) is 0 Å². The van der Waals surface area contributed by atoms with Gasteiger partial charge in [-0.05, 0) is 74.0 Å². The van der Waals surface area contributed by atoms with E-state index in [2.05, 4.69) is 16.7 Å². The minimum Gasteiger partial charge on any atom is -0.339 e. The summed E-state index contributed by atoms with van der Waals surface area (Å²) in [5, 5.41) is 14.5. The molecular weight excluding hydrogens is 390 g/mol. The van der Waals surface area contributed by atoms with Gasteiger partial charge in [0.1, 0.15) is 0 Å². The number of rotatable bonds is 6. The number of amides is 3. The Morgan fingerprint density at radius 2 is 1.87 bits per heavy atom. The lowest BCUT2D eigenvalue weighted by Crippen LogP contribution is -2.38. The fourth-order valence-corrected chi connectivity index (χ4v) is 3.79. The van der Waals surface area contributed by atoms with Gasteiger partial charge in [0, 0.05) is 30.9 Å². The van der Waals surface area contributed by atoms with Crippen LogP contribution in [0.1, 0.15) is 52.2 Å². The number of nitrogens with zero attached hydrogens (tertiary/aromatic N) is 2. The lowest BCUT2D eigenvalue weighted by atomic mass is 9.89. The average Bonchev–Trinajstić information content (AvgIpc) is 2.80. The number of likely N-dealkylation sites (tertiary alicyclic amines) is 1. The predicted octanol–water partition coefficient (Wildman–Crippen LogP) is 3.36. The van der Waals surface area contributed by atoms with Crippen molar-refractivity contribution in [1.82, 2.24) is 10.2 Å². The average molecular weight is 420 g/mol. The van der Waals surface area contributed by atoms with E-state index >= 15 is 0 Å². The molecule has 4 N–H and O–H groups in total. The molecular formula is C24H29N5O2. The quantitative estimate of drug-likeness (QED) is 0.623. The molecule has 0 spiro atoms. The SMILES string of the molecule is Cc1ccc(C(=O)N2CCC(c3ccc(C#N)cc3)CC2)cc1NC(=O)NCCCN. The zero-order chi connectivity index (χ0) is 22.2. The maximum absolute atomic E-state index is 13.0. The molecule has 1 saturated heterocycles. The van der Waals surface area contributed by atoms with Gasteiger partial charge in [0.2, 0.25) is 0 Å². The summed E-state index contributed by atoms with van der Waals surface area (Å²) in [5.41, 5.74) is 9.41. The molecule has 0 saturated carbocycles. The van der Waals surface area contributed by atoms with Crippen LogP contribution in [-0.4, -0.2) is 43.0 Å². The van der Waals surface area contributed by atoms with Gasteiger partial charge in [0.15, 0.2) is 0 Å². The zero-order valence-electron chi connectivity index (χ0n) is 17.9. The van der Waals surface area contributed by atoms with Gasteiger partial charge in [-0.25, -0.2) is 4.79 Å². The molecule has 7 heteroatoms. The van der Waals surface area contributed by atoms with Crippen LogP contribution in [0.25, 0.3) is 0 Å². The number of hydrogen-bond acceptors (Lipinski definition) is 4. The van der Waals surface area contributed by atoms with Crippen LogP contribution in [-0.2, 0) is 0 Å². The van der Waals surface area contributed by atoms with E-state index < -0.39 is 0 Å². The number of aryl methyl sites for hydroxylation is 1. The van der Waals surface area contributed by atoms with Crippen LogP contribution in [0, 0.1) is 18.3 Å². The molecule has 162 valence electrons. The Morgan fingerprint density at radius 3 is 2.52 bits per heavy atom. The molecule has 0 atom stereocenters. The second-order valence-corrected chi connectivity index (χ2v) is 7.85. The maximum atomic E-state index is 13.0. The van der Waals surface area contributed by atoms with Gasteiger partial charge in [0.05, 0.1) is 11.6 Å². The van der Waals surface area contributed by atoms with Gasteiger partial charge < -0.3 is 21.3 Å². The van der Waals surface area contributed by atoms with Crippen molar-refractivity contribution in [2.45, 2.75) is 32.1 Å². The fourth-order valence-electron chi connectivity index (χ4n) is 3.79. The molecule has 7 nitrogen and oxygen atoms in total. The molecule has 2 aromatic rings. The third-order valence-corrected chi connectivity index (χ3v) is 5.69. The minimum atomic E-state index is -0.302. The van der Waals surface area contributed by atoms with E-state index in [-0.39, 0.29) is 11.9 Å². The summed E-state index contributed by atoms with van der Waals surface area (Å²) >= 11 is 0. The summed E-state index contributed by atoms with van der Waals surface area (Å²) in [7, 11) is 0. The number of nitriles is 1. The summed E-state index contributed by atoms with van der Waals surface area (Å²) in [6, 6.07) is 15.0. The molecule has 0 aromatic heterocycles. The van der Waals surface area contributed by atoms with Crippen molar-refractivity contribution in [2.75, 3.05) is 31.5 Å². The number of urea groups is 1. The molecule has 1 aliphatic heterocycles. The van der Waals surface area contributed by atoms with E-state index in [0.717, 1.165) is 18.4 Å². The van der Waals surface area contributed by atoms with Gasteiger partial charge in [0.25, 0.3) is 5.91 Å². The van der Waals surface area contributed by atoms with E-state index in [1.807, 2.05) is 48.2 Å². The molecule has 31 heavy (non-hydrogen) atoms. The molecule has 1 fully saturated rings. The number of carbonyl (C=O) groups is 2. The third kappa shape index (κ3) is 5.83. The Hall–Kier alpha value is -3.37. The number of nitrogens with two attached hydrogens (primary N) is 1. The summed E-state index contributed by atoms with van der Waals surface area (Å²) in [6.07, 6.45) is 2.49. The Balaban J connectivity index is 1.60. The lowest BCUT2D eigenvalue weighted by Gasteiger charge is -2.32. The molecule has 2 aromatic carbocycles. The summed E-state index contributed by atoms with van der Waals surface area (Å²) < 4.78 is 0. The smallest absolute Gasteiger partial charge is 0.319 e. The molecule has 0 aliphatic carbocycles. The van der Waals surface area contributed by atoms with Gasteiger partial charge in [-0.15, -0.1) is 0 Å².